The summed E-state index contributed by atoms with van der Waals surface area (Å²) in [6.07, 6.45) is 2.01. The van der Waals surface area contributed by atoms with E-state index >= 15 is 0 Å². The fraction of sp³-hybridized carbons (Fsp3) is 0.571. The predicted molar refractivity (Wildman–Crippen MR) is 77.3 cm³/mol. The Morgan fingerprint density at radius 2 is 2.17 bits per heavy atom. The minimum atomic E-state index is -0.0541. The lowest BCUT2D eigenvalue weighted by Crippen LogP contribution is -2.40. The number of hydrogen-bond acceptors (Lipinski definition) is 3. The third kappa shape index (κ3) is 3.09. The summed E-state index contributed by atoms with van der Waals surface area (Å²) in [5, 5.41) is 4.16. The molecule has 2 rings (SSSR count). The Balaban J connectivity index is 2.12. The number of aryl methyl sites for hydroxylation is 1. The van der Waals surface area contributed by atoms with Gasteiger partial charge in [-0.15, -0.1) is 0 Å². The van der Waals surface area contributed by atoms with Crippen LogP contribution in [-0.2, 0) is 4.74 Å². The van der Waals surface area contributed by atoms with Crippen LogP contribution in [0.15, 0.2) is 12.1 Å². The molecule has 4 heteroatoms. The molecule has 0 radical (unpaired) electrons. The first-order valence-corrected chi connectivity index (χ1v) is 6.71. The molecule has 1 fully saturated rings. The monoisotopic (exact) mass is 268 g/mol. The van der Waals surface area contributed by atoms with Crippen molar-refractivity contribution in [2.75, 3.05) is 17.7 Å². The van der Waals surface area contributed by atoms with Crippen LogP contribution in [0.2, 0.25) is 5.02 Å². The Morgan fingerprint density at radius 1 is 1.44 bits per heavy atom. The van der Waals surface area contributed by atoms with Crippen LogP contribution >= 0.6 is 11.6 Å². The zero-order valence-electron chi connectivity index (χ0n) is 11.2. The molecule has 1 saturated heterocycles. The van der Waals surface area contributed by atoms with E-state index in [2.05, 4.69) is 19.2 Å². The highest BCUT2D eigenvalue weighted by Gasteiger charge is 2.28. The van der Waals surface area contributed by atoms with Crippen molar-refractivity contribution in [1.29, 1.82) is 0 Å². The quantitative estimate of drug-likeness (QED) is 0.806. The fourth-order valence-corrected chi connectivity index (χ4v) is 2.60. The number of ether oxygens (including phenoxy) is 1. The van der Waals surface area contributed by atoms with Crippen LogP contribution < -0.4 is 11.1 Å². The summed E-state index contributed by atoms with van der Waals surface area (Å²) in [7, 11) is 0. The van der Waals surface area contributed by atoms with E-state index in [1.54, 1.807) is 0 Å². The van der Waals surface area contributed by atoms with Crippen LogP contribution in [0.25, 0.3) is 0 Å². The van der Waals surface area contributed by atoms with Gasteiger partial charge in [-0.3, -0.25) is 0 Å². The van der Waals surface area contributed by atoms with Gasteiger partial charge in [0.15, 0.2) is 0 Å². The van der Waals surface area contributed by atoms with E-state index < -0.39 is 0 Å². The van der Waals surface area contributed by atoms with Gasteiger partial charge in [0.05, 0.1) is 16.3 Å². The van der Waals surface area contributed by atoms with Gasteiger partial charge in [0.2, 0.25) is 0 Å². The van der Waals surface area contributed by atoms with E-state index in [1.807, 2.05) is 19.1 Å². The van der Waals surface area contributed by atoms with Crippen LogP contribution in [0.4, 0.5) is 11.4 Å². The molecule has 0 bridgehead atoms. The first kappa shape index (κ1) is 13.5. The maximum absolute atomic E-state index is 6.07. The number of hydrogen-bond donors (Lipinski definition) is 2. The molecule has 3 nitrogen and oxygen atoms in total. The number of rotatable bonds is 2. The molecule has 0 spiro atoms. The third-order valence-electron chi connectivity index (χ3n) is 3.40. The number of nitrogens with one attached hydrogen (secondary N) is 1. The molecule has 1 heterocycles. The van der Waals surface area contributed by atoms with Crippen LogP contribution in [0.3, 0.4) is 0 Å². The van der Waals surface area contributed by atoms with Crippen molar-refractivity contribution in [1.82, 2.24) is 0 Å². The average molecular weight is 269 g/mol. The van der Waals surface area contributed by atoms with Crippen LogP contribution in [0.5, 0.6) is 0 Å². The molecule has 1 aromatic rings. The van der Waals surface area contributed by atoms with Crippen molar-refractivity contribution in [2.45, 2.75) is 45.3 Å². The second-order valence-corrected chi connectivity index (χ2v) is 6.04. The zero-order valence-corrected chi connectivity index (χ0v) is 12.0. The number of nitrogen functional groups attached to an aromatic ring is 1. The van der Waals surface area contributed by atoms with E-state index in [0.29, 0.717) is 16.8 Å². The van der Waals surface area contributed by atoms with E-state index in [0.717, 1.165) is 30.7 Å². The molecular weight excluding hydrogens is 248 g/mol. The smallest absolute Gasteiger partial charge is 0.0656 e. The van der Waals surface area contributed by atoms with Crippen molar-refractivity contribution in [3.63, 3.8) is 0 Å². The molecule has 1 unspecified atom stereocenters. The predicted octanol–water partition coefficient (Wildman–Crippen LogP) is 3.60. The summed E-state index contributed by atoms with van der Waals surface area (Å²) in [5.74, 6) is 0. The molecule has 0 aliphatic carbocycles. The summed E-state index contributed by atoms with van der Waals surface area (Å²) in [4.78, 5) is 0. The summed E-state index contributed by atoms with van der Waals surface area (Å²) < 4.78 is 5.72. The first-order valence-electron chi connectivity index (χ1n) is 6.33. The third-order valence-corrected chi connectivity index (χ3v) is 3.73. The van der Waals surface area contributed by atoms with Crippen LogP contribution in [0, 0.1) is 6.92 Å². The van der Waals surface area contributed by atoms with Crippen molar-refractivity contribution in [2.24, 2.45) is 0 Å². The normalized spacial score (nSPS) is 22.8. The van der Waals surface area contributed by atoms with Gasteiger partial charge in [0.1, 0.15) is 0 Å². The van der Waals surface area contributed by atoms with Gasteiger partial charge < -0.3 is 15.8 Å². The molecule has 1 aliphatic heterocycles. The molecule has 3 N–H and O–H groups in total. The fourth-order valence-electron chi connectivity index (χ4n) is 2.43. The van der Waals surface area contributed by atoms with Gasteiger partial charge >= 0.3 is 0 Å². The van der Waals surface area contributed by atoms with Gasteiger partial charge in [0.25, 0.3) is 0 Å². The number of benzene rings is 1. The molecule has 1 aliphatic rings. The lowest BCUT2D eigenvalue weighted by molar-refractivity contribution is -0.0553. The Labute approximate surface area is 114 Å². The van der Waals surface area contributed by atoms with Gasteiger partial charge in [-0.1, -0.05) is 11.6 Å². The second kappa shape index (κ2) is 4.98. The van der Waals surface area contributed by atoms with E-state index in [4.69, 9.17) is 22.1 Å². The van der Waals surface area contributed by atoms with Crippen LogP contribution in [0.1, 0.15) is 32.3 Å². The number of halogens is 1. The molecule has 0 aromatic heterocycles. The minimum Gasteiger partial charge on any atom is -0.398 e. The lowest BCUT2D eigenvalue weighted by Gasteiger charge is -2.36. The van der Waals surface area contributed by atoms with Gasteiger partial charge in [-0.2, -0.15) is 0 Å². The zero-order chi connectivity index (χ0) is 13.3. The van der Waals surface area contributed by atoms with Gasteiger partial charge in [0, 0.05) is 18.3 Å². The first-order chi connectivity index (χ1) is 8.37. The summed E-state index contributed by atoms with van der Waals surface area (Å²) in [5.41, 5.74) is 8.56. The summed E-state index contributed by atoms with van der Waals surface area (Å²) >= 11 is 6.07. The molecule has 1 atom stereocenters. The average Bonchev–Trinajstić information content (AvgIpc) is 2.24. The molecule has 100 valence electrons. The van der Waals surface area contributed by atoms with E-state index in [-0.39, 0.29) is 5.60 Å². The topological polar surface area (TPSA) is 47.3 Å². The van der Waals surface area contributed by atoms with Gasteiger partial charge in [-0.25, -0.2) is 0 Å². The lowest BCUT2D eigenvalue weighted by atomic mass is 9.93. The Morgan fingerprint density at radius 3 is 2.83 bits per heavy atom. The highest BCUT2D eigenvalue weighted by atomic mass is 35.5. The molecule has 0 amide bonds. The molecule has 18 heavy (non-hydrogen) atoms. The van der Waals surface area contributed by atoms with Crippen molar-refractivity contribution >= 4 is 23.0 Å². The van der Waals surface area contributed by atoms with Gasteiger partial charge in [-0.05, 0) is 51.3 Å². The Hall–Kier alpha value is -0.930. The highest BCUT2D eigenvalue weighted by molar-refractivity contribution is 6.33. The Bertz CT molecular complexity index is 446. The standard InChI is InChI=1S/C14H21ClN2O/c1-9-6-12(16)11(15)7-13(9)17-10-4-5-18-14(2,3)8-10/h6-7,10,17H,4-5,8,16H2,1-3H3. The van der Waals surface area contributed by atoms with Crippen molar-refractivity contribution < 1.29 is 4.74 Å². The summed E-state index contributed by atoms with van der Waals surface area (Å²) in [6.45, 7) is 7.10. The minimum absolute atomic E-state index is 0.0541. The van der Waals surface area contributed by atoms with Crippen molar-refractivity contribution in [3.8, 4) is 0 Å². The maximum Gasteiger partial charge on any atom is 0.0656 e. The SMILES string of the molecule is Cc1cc(N)c(Cl)cc1NC1CCOC(C)(C)C1. The van der Waals surface area contributed by atoms with Crippen molar-refractivity contribution in [3.05, 3.63) is 22.7 Å². The second-order valence-electron chi connectivity index (χ2n) is 5.63. The maximum atomic E-state index is 6.07. The number of nitrogens with two attached hydrogens (primary N) is 1. The molecular formula is C14H21ClN2O. The summed E-state index contributed by atoms with van der Waals surface area (Å²) in [6, 6.07) is 4.25. The Kier molecular flexibility index (Phi) is 3.74. The number of anilines is 2. The largest absolute Gasteiger partial charge is 0.398 e. The van der Waals surface area contributed by atoms with E-state index in [1.165, 1.54) is 0 Å². The molecule has 0 saturated carbocycles. The van der Waals surface area contributed by atoms with E-state index in [9.17, 15) is 0 Å². The molecule has 1 aromatic carbocycles. The highest BCUT2D eigenvalue weighted by Crippen LogP contribution is 2.30. The van der Waals surface area contributed by atoms with Crippen LogP contribution in [-0.4, -0.2) is 18.2 Å².